The third kappa shape index (κ3) is 3.04. The number of aromatic hydroxyl groups is 1. The van der Waals surface area contributed by atoms with E-state index in [4.69, 9.17) is 9.47 Å². The van der Waals surface area contributed by atoms with Gasteiger partial charge < -0.3 is 19.5 Å². The van der Waals surface area contributed by atoms with Gasteiger partial charge in [-0.25, -0.2) is 0 Å². The molecule has 2 aromatic carbocycles. The standard InChI is InChI=1S/C17H17NO4/c19-15-8-4-7-14-17(15)22-12-16(20)18(14)9-10-21-11-13-5-2-1-3-6-13/h1-8,19H,9-12H2. The molecule has 1 heterocycles. The third-order valence-corrected chi connectivity index (χ3v) is 3.48. The van der Waals surface area contributed by atoms with Crippen LogP contribution >= 0.6 is 0 Å². The van der Waals surface area contributed by atoms with Gasteiger partial charge in [-0.3, -0.25) is 4.79 Å². The zero-order valence-electron chi connectivity index (χ0n) is 12.1. The van der Waals surface area contributed by atoms with E-state index in [0.717, 1.165) is 5.56 Å². The highest BCUT2D eigenvalue weighted by molar-refractivity contribution is 5.98. The summed E-state index contributed by atoms with van der Waals surface area (Å²) in [6.45, 7) is 1.27. The van der Waals surface area contributed by atoms with Crippen molar-refractivity contribution in [2.45, 2.75) is 6.61 Å². The van der Waals surface area contributed by atoms with Crippen LogP contribution in [0.2, 0.25) is 0 Å². The lowest BCUT2D eigenvalue weighted by atomic mass is 10.2. The highest BCUT2D eigenvalue weighted by atomic mass is 16.5. The van der Waals surface area contributed by atoms with Gasteiger partial charge in [-0.2, -0.15) is 0 Å². The molecule has 5 heteroatoms. The van der Waals surface area contributed by atoms with Crippen LogP contribution in [0.4, 0.5) is 5.69 Å². The topological polar surface area (TPSA) is 59.0 Å². The zero-order chi connectivity index (χ0) is 15.4. The largest absolute Gasteiger partial charge is 0.504 e. The molecule has 5 nitrogen and oxygen atoms in total. The van der Waals surface area contributed by atoms with Crippen LogP contribution in [0.5, 0.6) is 11.5 Å². The van der Waals surface area contributed by atoms with Crippen LogP contribution in [0.15, 0.2) is 48.5 Å². The second-order valence-corrected chi connectivity index (χ2v) is 5.00. The average molecular weight is 299 g/mol. The number of ether oxygens (including phenoxy) is 2. The number of fused-ring (bicyclic) bond motifs is 1. The van der Waals surface area contributed by atoms with Crippen molar-refractivity contribution in [3.8, 4) is 11.5 Å². The molecule has 2 aromatic rings. The Labute approximate surface area is 128 Å². The first-order chi connectivity index (χ1) is 10.8. The summed E-state index contributed by atoms with van der Waals surface area (Å²) in [5.41, 5.74) is 1.67. The molecule has 0 fully saturated rings. The summed E-state index contributed by atoms with van der Waals surface area (Å²) in [4.78, 5) is 13.6. The van der Waals surface area contributed by atoms with E-state index in [-0.39, 0.29) is 18.3 Å². The van der Waals surface area contributed by atoms with Gasteiger partial charge in [0.05, 0.1) is 18.9 Å². The van der Waals surface area contributed by atoms with Gasteiger partial charge in [-0.15, -0.1) is 0 Å². The number of nitrogens with zero attached hydrogens (tertiary/aromatic N) is 1. The summed E-state index contributed by atoms with van der Waals surface area (Å²) in [6, 6.07) is 14.8. The first kappa shape index (κ1) is 14.4. The average Bonchev–Trinajstić information content (AvgIpc) is 2.54. The molecular weight excluding hydrogens is 282 g/mol. The molecule has 1 aliphatic rings. The van der Waals surface area contributed by atoms with E-state index in [1.807, 2.05) is 30.3 Å². The van der Waals surface area contributed by atoms with Crippen molar-refractivity contribution in [2.24, 2.45) is 0 Å². The number of para-hydroxylation sites is 1. The second-order valence-electron chi connectivity index (χ2n) is 5.00. The molecule has 0 saturated heterocycles. The normalized spacial score (nSPS) is 13.6. The number of phenolic OH excluding ortho intramolecular Hbond substituents is 1. The summed E-state index contributed by atoms with van der Waals surface area (Å²) >= 11 is 0. The van der Waals surface area contributed by atoms with Crippen LogP contribution in [-0.4, -0.2) is 30.8 Å². The Morgan fingerprint density at radius 3 is 2.77 bits per heavy atom. The maximum absolute atomic E-state index is 12.0. The SMILES string of the molecule is O=C1COc2c(O)cccc2N1CCOCc1ccccc1. The zero-order valence-corrected chi connectivity index (χ0v) is 12.1. The molecule has 0 unspecified atom stereocenters. The maximum atomic E-state index is 12.0. The molecule has 0 spiro atoms. The van der Waals surface area contributed by atoms with Gasteiger partial charge in [0, 0.05) is 6.54 Å². The molecule has 0 aliphatic carbocycles. The number of benzene rings is 2. The van der Waals surface area contributed by atoms with Gasteiger partial charge in [0.1, 0.15) is 0 Å². The number of amides is 1. The van der Waals surface area contributed by atoms with E-state index in [2.05, 4.69) is 0 Å². The molecule has 0 saturated carbocycles. The van der Waals surface area contributed by atoms with E-state index in [1.165, 1.54) is 0 Å². The van der Waals surface area contributed by atoms with Crippen molar-refractivity contribution in [1.82, 2.24) is 0 Å². The first-order valence-corrected chi connectivity index (χ1v) is 7.12. The molecule has 1 N–H and O–H groups in total. The molecule has 0 aromatic heterocycles. The molecule has 22 heavy (non-hydrogen) atoms. The summed E-state index contributed by atoms with van der Waals surface area (Å²) < 4.78 is 10.9. The molecule has 114 valence electrons. The number of carbonyl (C=O) groups excluding carboxylic acids is 1. The predicted octanol–water partition coefficient (Wildman–Crippen LogP) is 2.33. The van der Waals surface area contributed by atoms with Crippen LogP contribution in [-0.2, 0) is 16.1 Å². The second kappa shape index (κ2) is 6.49. The van der Waals surface area contributed by atoms with Crippen molar-refractivity contribution in [1.29, 1.82) is 0 Å². The van der Waals surface area contributed by atoms with E-state index in [0.29, 0.717) is 31.2 Å². The van der Waals surface area contributed by atoms with Crippen LogP contribution in [0.25, 0.3) is 0 Å². The number of rotatable bonds is 5. The molecule has 3 rings (SSSR count). The minimum atomic E-state index is -0.138. The summed E-state index contributed by atoms with van der Waals surface area (Å²) in [5, 5.41) is 9.79. The van der Waals surface area contributed by atoms with Crippen LogP contribution in [0, 0.1) is 0 Å². The minimum absolute atomic E-state index is 0.0419. The fourth-order valence-corrected chi connectivity index (χ4v) is 2.38. The lowest BCUT2D eigenvalue weighted by molar-refractivity contribution is -0.121. The fourth-order valence-electron chi connectivity index (χ4n) is 2.38. The van der Waals surface area contributed by atoms with Crippen molar-refractivity contribution < 1.29 is 19.4 Å². The van der Waals surface area contributed by atoms with Gasteiger partial charge in [-0.05, 0) is 17.7 Å². The maximum Gasteiger partial charge on any atom is 0.265 e. The van der Waals surface area contributed by atoms with Crippen molar-refractivity contribution in [3.63, 3.8) is 0 Å². The summed E-state index contributed by atoms with van der Waals surface area (Å²) in [6.07, 6.45) is 0. The number of phenols is 1. The first-order valence-electron chi connectivity index (χ1n) is 7.12. The Morgan fingerprint density at radius 2 is 1.95 bits per heavy atom. The number of carbonyl (C=O) groups is 1. The molecule has 1 aliphatic heterocycles. The molecule has 1 amide bonds. The fraction of sp³-hybridized carbons (Fsp3) is 0.235. The predicted molar refractivity (Wildman–Crippen MR) is 82.1 cm³/mol. The van der Waals surface area contributed by atoms with Gasteiger partial charge in [0.25, 0.3) is 5.91 Å². The summed E-state index contributed by atoms with van der Waals surface area (Å²) in [5.74, 6) is 0.256. The lowest BCUT2D eigenvalue weighted by Gasteiger charge is -2.29. The van der Waals surface area contributed by atoms with Gasteiger partial charge >= 0.3 is 0 Å². The molecular formula is C17H17NO4. The Hall–Kier alpha value is -2.53. The quantitative estimate of drug-likeness (QED) is 0.861. The number of hydrogen-bond acceptors (Lipinski definition) is 4. The van der Waals surface area contributed by atoms with Crippen molar-refractivity contribution >= 4 is 11.6 Å². The Kier molecular flexibility index (Phi) is 4.25. The monoisotopic (exact) mass is 299 g/mol. The molecule has 0 atom stereocenters. The molecule has 0 radical (unpaired) electrons. The van der Waals surface area contributed by atoms with Crippen molar-refractivity contribution in [3.05, 3.63) is 54.1 Å². The molecule has 0 bridgehead atoms. The smallest absolute Gasteiger partial charge is 0.265 e. The van der Waals surface area contributed by atoms with Crippen molar-refractivity contribution in [2.75, 3.05) is 24.7 Å². The van der Waals surface area contributed by atoms with Gasteiger partial charge in [0.2, 0.25) is 0 Å². The number of anilines is 1. The van der Waals surface area contributed by atoms with E-state index < -0.39 is 0 Å². The third-order valence-electron chi connectivity index (χ3n) is 3.48. The Bertz CT molecular complexity index is 657. The number of hydrogen-bond donors (Lipinski definition) is 1. The highest BCUT2D eigenvalue weighted by Crippen LogP contribution is 2.39. The minimum Gasteiger partial charge on any atom is -0.504 e. The Balaban J connectivity index is 1.61. The summed E-state index contributed by atoms with van der Waals surface area (Å²) in [7, 11) is 0. The van der Waals surface area contributed by atoms with Crippen LogP contribution < -0.4 is 9.64 Å². The van der Waals surface area contributed by atoms with E-state index in [1.54, 1.807) is 23.1 Å². The Morgan fingerprint density at radius 1 is 1.14 bits per heavy atom. The van der Waals surface area contributed by atoms with E-state index in [9.17, 15) is 9.90 Å². The van der Waals surface area contributed by atoms with Crippen LogP contribution in [0.3, 0.4) is 0 Å². The van der Waals surface area contributed by atoms with E-state index >= 15 is 0 Å². The highest BCUT2D eigenvalue weighted by Gasteiger charge is 2.27. The van der Waals surface area contributed by atoms with Gasteiger partial charge in [-0.1, -0.05) is 36.4 Å². The van der Waals surface area contributed by atoms with Gasteiger partial charge in [0.15, 0.2) is 18.1 Å². The lowest BCUT2D eigenvalue weighted by Crippen LogP contribution is -2.40. The van der Waals surface area contributed by atoms with Crippen LogP contribution in [0.1, 0.15) is 5.56 Å².